The average Bonchev–Trinajstić information content (AvgIpc) is 2.03. The van der Waals surface area contributed by atoms with Crippen LogP contribution in [-0.4, -0.2) is 48.2 Å². The van der Waals surface area contributed by atoms with E-state index in [1.165, 1.54) is 0 Å². The number of rotatable bonds is 5. The third-order valence-corrected chi connectivity index (χ3v) is 2.12. The van der Waals surface area contributed by atoms with Crippen LogP contribution in [0.5, 0.6) is 0 Å². The van der Waals surface area contributed by atoms with Gasteiger partial charge < -0.3 is 15.9 Å². The Hall–Kier alpha value is -0.210. The molecule has 0 aromatic heterocycles. The maximum Gasteiger partial charge on any atom is 0.264 e. The van der Waals surface area contributed by atoms with E-state index in [0.29, 0.717) is 12.8 Å². The van der Waals surface area contributed by atoms with E-state index in [1.807, 2.05) is 0 Å². The van der Waals surface area contributed by atoms with Crippen molar-refractivity contribution < 1.29 is 23.2 Å². The molecule has 0 aromatic carbocycles. The molecule has 88 valence electrons. The number of hydrogen-bond donors (Lipinski definition) is 4. The average molecular weight is 229 g/mol. The Morgan fingerprint density at radius 1 is 1.36 bits per heavy atom. The molecule has 0 spiro atoms. The molecule has 0 aliphatic heterocycles. The summed E-state index contributed by atoms with van der Waals surface area (Å²) in [5.41, 5.74) is 5.17. The van der Waals surface area contributed by atoms with Crippen LogP contribution >= 0.6 is 0 Å². The second kappa shape index (κ2) is 9.35. The highest BCUT2D eigenvalue weighted by atomic mass is 32.2. The standard InChI is InChI=1S/C4H11NO2.C3H8O3S/c5-4(3-7)1-2-6;1-2-3-7(4,5)6/h4,6-7H,1-3,5H2;2-3H2,1H3,(H,4,5,6). The van der Waals surface area contributed by atoms with Crippen molar-refractivity contribution in [3.63, 3.8) is 0 Å². The van der Waals surface area contributed by atoms with Crippen molar-refractivity contribution in [1.82, 2.24) is 0 Å². The Kier molecular flexibility index (Phi) is 10.8. The highest BCUT2D eigenvalue weighted by Gasteiger charge is 1.98. The van der Waals surface area contributed by atoms with E-state index < -0.39 is 10.1 Å². The molecular weight excluding hydrogens is 210 g/mol. The molecule has 0 aromatic rings. The van der Waals surface area contributed by atoms with Gasteiger partial charge in [0.25, 0.3) is 10.1 Å². The van der Waals surface area contributed by atoms with Crippen LogP contribution in [0.15, 0.2) is 0 Å². The molecule has 0 radical (unpaired) electrons. The SMILES string of the molecule is CCCS(=O)(=O)O.NC(CO)CCO. The monoisotopic (exact) mass is 229 g/mol. The van der Waals surface area contributed by atoms with Crippen molar-refractivity contribution in [2.45, 2.75) is 25.8 Å². The van der Waals surface area contributed by atoms with Crippen molar-refractivity contribution in [2.24, 2.45) is 5.73 Å². The van der Waals surface area contributed by atoms with Crippen molar-refractivity contribution in [3.8, 4) is 0 Å². The molecule has 0 saturated heterocycles. The Bertz CT molecular complexity index is 204. The zero-order chi connectivity index (χ0) is 11.6. The molecule has 7 heteroatoms. The molecule has 0 aliphatic carbocycles. The number of aliphatic hydroxyl groups excluding tert-OH is 2. The predicted octanol–water partition coefficient (Wildman–Crippen LogP) is -1.03. The molecule has 0 aliphatic rings. The van der Waals surface area contributed by atoms with Crippen LogP contribution in [-0.2, 0) is 10.1 Å². The highest BCUT2D eigenvalue weighted by Crippen LogP contribution is 1.83. The van der Waals surface area contributed by atoms with Crippen molar-refractivity contribution in [2.75, 3.05) is 19.0 Å². The Morgan fingerprint density at radius 2 is 1.86 bits per heavy atom. The third-order valence-electron chi connectivity index (χ3n) is 1.20. The van der Waals surface area contributed by atoms with E-state index in [9.17, 15) is 8.42 Å². The molecule has 0 heterocycles. The second-order valence-electron chi connectivity index (χ2n) is 2.74. The van der Waals surface area contributed by atoms with Gasteiger partial charge in [0.05, 0.1) is 12.4 Å². The number of aliphatic hydroxyl groups is 2. The summed E-state index contributed by atoms with van der Waals surface area (Å²) in [4.78, 5) is 0. The molecular formula is C7H19NO5S. The third kappa shape index (κ3) is 17.8. The first kappa shape index (κ1) is 16.2. The molecule has 0 bridgehead atoms. The maximum atomic E-state index is 9.79. The zero-order valence-electron chi connectivity index (χ0n) is 8.26. The van der Waals surface area contributed by atoms with Crippen LogP contribution in [0.3, 0.4) is 0 Å². The Morgan fingerprint density at radius 3 is 1.93 bits per heavy atom. The minimum atomic E-state index is -3.67. The van der Waals surface area contributed by atoms with Crippen LogP contribution < -0.4 is 5.73 Å². The first-order chi connectivity index (χ1) is 6.37. The van der Waals surface area contributed by atoms with Crippen LogP contribution in [0.25, 0.3) is 0 Å². The molecule has 0 saturated carbocycles. The van der Waals surface area contributed by atoms with Gasteiger partial charge in [0.1, 0.15) is 0 Å². The fraction of sp³-hybridized carbons (Fsp3) is 1.00. The molecule has 0 rings (SSSR count). The lowest BCUT2D eigenvalue weighted by Crippen LogP contribution is -2.25. The Balaban J connectivity index is 0. The predicted molar refractivity (Wildman–Crippen MR) is 53.5 cm³/mol. The van der Waals surface area contributed by atoms with Gasteiger partial charge >= 0.3 is 0 Å². The van der Waals surface area contributed by atoms with Crippen molar-refractivity contribution in [1.29, 1.82) is 0 Å². The van der Waals surface area contributed by atoms with Gasteiger partial charge in [0.2, 0.25) is 0 Å². The van der Waals surface area contributed by atoms with Gasteiger partial charge in [-0.15, -0.1) is 0 Å². The summed E-state index contributed by atoms with van der Waals surface area (Å²) in [6, 6.07) is -0.245. The molecule has 14 heavy (non-hydrogen) atoms. The highest BCUT2D eigenvalue weighted by molar-refractivity contribution is 7.85. The fourth-order valence-corrected chi connectivity index (χ4v) is 1.03. The lowest BCUT2D eigenvalue weighted by molar-refractivity contribution is 0.221. The summed E-state index contributed by atoms with van der Waals surface area (Å²) < 4.78 is 27.6. The van der Waals surface area contributed by atoms with Gasteiger partial charge in [0.15, 0.2) is 0 Å². The van der Waals surface area contributed by atoms with E-state index >= 15 is 0 Å². The van der Waals surface area contributed by atoms with Gasteiger partial charge in [0, 0.05) is 12.6 Å². The van der Waals surface area contributed by atoms with Gasteiger partial charge in [-0.05, 0) is 12.8 Å². The van der Waals surface area contributed by atoms with Crippen LogP contribution in [0.4, 0.5) is 0 Å². The molecule has 5 N–H and O–H groups in total. The number of nitrogens with two attached hydrogens (primary N) is 1. The van der Waals surface area contributed by atoms with Crippen molar-refractivity contribution >= 4 is 10.1 Å². The smallest absolute Gasteiger partial charge is 0.264 e. The van der Waals surface area contributed by atoms with Crippen LogP contribution in [0, 0.1) is 0 Å². The first-order valence-electron chi connectivity index (χ1n) is 4.29. The summed E-state index contributed by atoms with van der Waals surface area (Å²) in [5, 5.41) is 16.4. The topological polar surface area (TPSA) is 121 Å². The van der Waals surface area contributed by atoms with E-state index in [0.717, 1.165) is 0 Å². The van der Waals surface area contributed by atoms with Gasteiger partial charge in [-0.2, -0.15) is 8.42 Å². The molecule has 0 fully saturated rings. The lowest BCUT2D eigenvalue weighted by atomic mass is 10.2. The second-order valence-corrected chi connectivity index (χ2v) is 4.31. The minimum absolute atomic E-state index is 0.0411. The van der Waals surface area contributed by atoms with E-state index in [4.69, 9.17) is 20.5 Å². The maximum absolute atomic E-state index is 9.79. The first-order valence-corrected chi connectivity index (χ1v) is 5.90. The van der Waals surface area contributed by atoms with E-state index in [2.05, 4.69) is 0 Å². The summed E-state index contributed by atoms with van der Waals surface area (Å²) >= 11 is 0. The van der Waals surface area contributed by atoms with Crippen LogP contribution in [0.1, 0.15) is 19.8 Å². The van der Waals surface area contributed by atoms with E-state index in [-0.39, 0.29) is 25.0 Å². The molecule has 1 atom stereocenters. The summed E-state index contributed by atoms with van der Waals surface area (Å²) in [6.45, 7) is 1.70. The summed E-state index contributed by atoms with van der Waals surface area (Å²) in [7, 11) is -3.67. The van der Waals surface area contributed by atoms with Gasteiger partial charge in [-0.3, -0.25) is 4.55 Å². The van der Waals surface area contributed by atoms with Crippen molar-refractivity contribution in [3.05, 3.63) is 0 Å². The largest absolute Gasteiger partial charge is 0.396 e. The molecule has 6 nitrogen and oxygen atoms in total. The quantitative estimate of drug-likeness (QED) is 0.447. The van der Waals surface area contributed by atoms with E-state index in [1.54, 1.807) is 6.92 Å². The summed E-state index contributed by atoms with van der Waals surface area (Å²) in [6.07, 6.45) is 0.954. The Labute approximate surface area is 84.5 Å². The van der Waals surface area contributed by atoms with Gasteiger partial charge in [-0.25, -0.2) is 0 Å². The normalized spacial score (nSPS) is 12.9. The van der Waals surface area contributed by atoms with Gasteiger partial charge in [-0.1, -0.05) is 6.92 Å². The molecule has 0 amide bonds. The minimum Gasteiger partial charge on any atom is -0.396 e. The molecule has 1 unspecified atom stereocenters. The summed E-state index contributed by atoms with van der Waals surface area (Å²) in [5.74, 6) is -0.132. The fourth-order valence-electron chi connectivity index (χ4n) is 0.515. The lowest BCUT2D eigenvalue weighted by Gasteiger charge is -2.01. The van der Waals surface area contributed by atoms with Crippen LogP contribution in [0.2, 0.25) is 0 Å². The number of hydrogen-bond acceptors (Lipinski definition) is 5. The zero-order valence-corrected chi connectivity index (χ0v) is 9.07.